The number of hydrogen-bond donors (Lipinski definition) is 1. The van der Waals surface area contributed by atoms with Gasteiger partial charge in [0.05, 0.1) is 18.1 Å². The van der Waals surface area contributed by atoms with Crippen molar-refractivity contribution in [3.8, 4) is 0 Å². The molecular weight excluding hydrogens is 211 g/mol. The monoisotopic (exact) mass is 224 g/mol. The first-order valence-electron chi connectivity index (χ1n) is 4.31. The van der Waals surface area contributed by atoms with Crippen LogP contribution < -0.4 is 62.2 Å². The van der Waals surface area contributed by atoms with Gasteiger partial charge in [-0.2, -0.15) is 0 Å². The SMILES string of the molecule is C[C@H](N)C(=O)N1CCC[C@H]1C(=O)[O-].[K+]. The van der Waals surface area contributed by atoms with Gasteiger partial charge in [0.2, 0.25) is 5.91 Å². The number of nitrogens with zero attached hydrogens (tertiary/aromatic N) is 1. The molecule has 0 spiro atoms. The Morgan fingerprint density at radius 1 is 1.57 bits per heavy atom. The van der Waals surface area contributed by atoms with Crippen LogP contribution in [-0.2, 0) is 9.59 Å². The van der Waals surface area contributed by atoms with E-state index < -0.39 is 18.1 Å². The van der Waals surface area contributed by atoms with Crippen LogP contribution in [0.4, 0.5) is 0 Å². The Balaban J connectivity index is 0.00000169. The number of amides is 1. The van der Waals surface area contributed by atoms with E-state index in [1.165, 1.54) is 4.90 Å². The largest absolute Gasteiger partial charge is 1.00 e. The van der Waals surface area contributed by atoms with Crippen molar-refractivity contribution in [1.29, 1.82) is 0 Å². The van der Waals surface area contributed by atoms with Gasteiger partial charge in [-0.25, -0.2) is 0 Å². The van der Waals surface area contributed by atoms with E-state index in [-0.39, 0.29) is 57.3 Å². The number of rotatable bonds is 2. The van der Waals surface area contributed by atoms with Crippen LogP contribution in [0.15, 0.2) is 0 Å². The Kier molecular flexibility index (Phi) is 6.43. The minimum Gasteiger partial charge on any atom is -0.548 e. The van der Waals surface area contributed by atoms with Crippen LogP contribution in [0.2, 0.25) is 0 Å². The molecule has 1 heterocycles. The molecule has 0 aliphatic carbocycles. The average Bonchev–Trinajstić information content (AvgIpc) is 2.50. The topological polar surface area (TPSA) is 86.5 Å². The molecule has 1 aliphatic heterocycles. The summed E-state index contributed by atoms with van der Waals surface area (Å²) in [5.74, 6) is -1.50. The molecule has 0 aromatic carbocycles. The summed E-state index contributed by atoms with van der Waals surface area (Å²) in [5, 5.41) is 10.6. The van der Waals surface area contributed by atoms with Gasteiger partial charge in [0, 0.05) is 6.54 Å². The fraction of sp³-hybridized carbons (Fsp3) is 0.750. The molecule has 1 rings (SSSR count). The number of aliphatic carboxylic acids is 1. The molecule has 0 radical (unpaired) electrons. The zero-order chi connectivity index (χ0) is 10.0. The van der Waals surface area contributed by atoms with E-state index in [4.69, 9.17) is 5.73 Å². The summed E-state index contributed by atoms with van der Waals surface area (Å²) in [6.45, 7) is 2.02. The summed E-state index contributed by atoms with van der Waals surface area (Å²) in [7, 11) is 0. The third-order valence-electron chi connectivity index (χ3n) is 2.20. The van der Waals surface area contributed by atoms with Crippen LogP contribution in [-0.4, -0.2) is 35.4 Å². The molecule has 2 atom stereocenters. The molecule has 0 bridgehead atoms. The fourth-order valence-electron chi connectivity index (χ4n) is 1.54. The molecule has 14 heavy (non-hydrogen) atoms. The summed E-state index contributed by atoms with van der Waals surface area (Å²) < 4.78 is 0. The molecule has 0 unspecified atom stereocenters. The Morgan fingerprint density at radius 2 is 2.14 bits per heavy atom. The molecule has 1 saturated heterocycles. The molecule has 0 saturated carbocycles. The first-order chi connectivity index (χ1) is 6.04. The van der Waals surface area contributed by atoms with Crippen molar-refractivity contribution in [1.82, 2.24) is 4.90 Å². The Labute approximate surface area is 125 Å². The minimum absolute atomic E-state index is 0. The van der Waals surface area contributed by atoms with Crippen LogP contribution >= 0.6 is 0 Å². The summed E-state index contributed by atoms with van der Waals surface area (Å²) >= 11 is 0. The van der Waals surface area contributed by atoms with Crippen molar-refractivity contribution in [2.24, 2.45) is 5.73 Å². The number of carbonyl (C=O) groups is 2. The summed E-state index contributed by atoms with van der Waals surface area (Å²) in [5.41, 5.74) is 5.37. The first-order valence-corrected chi connectivity index (χ1v) is 4.31. The Hall–Kier alpha value is 0.536. The Bertz CT molecular complexity index is 233. The molecule has 1 amide bonds. The third kappa shape index (κ3) is 3.29. The molecular formula is C8H13KN2O3. The van der Waals surface area contributed by atoms with Crippen molar-refractivity contribution < 1.29 is 66.1 Å². The number of carboxylic acids is 1. The summed E-state index contributed by atoms with van der Waals surface area (Å²) in [4.78, 5) is 23.3. The van der Waals surface area contributed by atoms with Crippen LogP contribution in [0.1, 0.15) is 19.8 Å². The second kappa shape index (κ2) is 6.19. The predicted molar refractivity (Wildman–Crippen MR) is 43.4 cm³/mol. The number of nitrogens with two attached hydrogens (primary N) is 1. The normalized spacial score (nSPS) is 22.7. The van der Waals surface area contributed by atoms with E-state index in [9.17, 15) is 14.7 Å². The van der Waals surface area contributed by atoms with Crippen molar-refractivity contribution in [3.05, 3.63) is 0 Å². The molecule has 1 fully saturated rings. The van der Waals surface area contributed by atoms with E-state index in [1.54, 1.807) is 6.92 Å². The minimum atomic E-state index is -1.19. The van der Waals surface area contributed by atoms with E-state index in [0.717, 1.165) is 0 Å². The van der Waals surface area contributed by atoms with Crippen LogP contribution in [0, 0.1) is 0 Å². The van der Waals surface area contributed by atoms with E-state index in [1.807, 2.05) is 0 Å². The zero-order valence-electron chi connectivity index (χ0n) is 8.53. The maximum atomic E-state index is 11.4. The molecule has 6 heteroatoms. The number of carboxylic acid groups (broad SMARTS) is 1. The first kappa shape index (κ1) is 14.5. The summed E-state index contributed by atoms with van der Waals surface area (Å²) in [6.07, 6.45) is 1.18. The molecule has 2 N–H and O–H groups in total. The maximum Gasteiger partial charge on any atom is 1.00 e. The van der Waals surface area contributed by atoms with E-state index >= 15 is 0 Å². The standard InChI is InChI=1S/C8H14N2O3.K/c1-5(9)7(11)10-4-2-3-6(10)8(12)13;/h5-6H,2-4,9H2,1H3,(H,12,13);/q;+1/p-1/t5-,6-;/m0./s1. The van der Waals surface area contributed by atoms with Gasteiger partial charge < -0.3 is 20.5 Å². The van der Waals surface area contributed by atoms with Gasteiger partial charge in [-0.05, 0) is 19.8 Å². The van der Waals surface area contributed by atoms with Crippen LogP contribution in [0.25, 0.3) is 0 Å². The van der Waals surface area contributed by atoms with E-state index in [2.05, 4.69) is 0 Å². The van der Waals surface area contributed by atoms with Gasteiger partial charge in [0.1, 0.15) is 0 Å². The maximum absolute atomic E-state index is 11.4. The van der Waals surface area contributed by atoms with E-state index in [0.29, 0.717) is 19.4 Å². The average molecular weight is 224 g/mol. The second-order valence-corrected chi connectivity index (χ2v) is 3.30. The van der Waals surface area contributed by atoms with Crippen LogP contribution in [0.5, 0.6) is 0 Å². The van der Waals surface area contributed by atoms with Crippen molar-refractivity contribution in [3.63, 3.8) is 0 Å². The molecule has 1 aliphatic rings. The van der Waals surface area contributed by atoms with Gasteiger partial charge in [-0.3, -0.25) is 4.79 Å². The summed E-state index contributed by atoms with van der Waals surface area (Å²) in [6, 6.07) is -1.42. The predicted octanol–water partition coefficient (Wildman–Crippen LogP) is -4.92. The molecule has 0 aromatic rings. The van der Waals surface area contributed by atoms with Crippen LogP contribution in [0.3, 0.4) is 0 Å². The van der Waals surface area contributed by atoms with Gasteiger partial charge in [-0.1, -0.05) is 0 Å². The number of carbonyl (C=O) groups excluding carboxylic acids is 2. The van der Waals surface area contributed by atoms with Crippen molar-refractivity contribution >= 4 is 11.9 Å². The zero-order valence-corrected chi connectivity index (χ0v) is 11.6. The quantitative estimate of drug-likeness (QED) is 0.476. The van der Waals surface area contributed by atoms with Gasteiger partial charge in [0.15, 0.2) is 0 Å². The van der Waals surface area contributed by atoms with Gasteiger partial charge >= 0.3 is 51.4 Å². The van der Waals surface area contributed by atoms with Gasteiger partial charge in [0.25, 0.3) is 0 Å². The number of likely N-dealkylation sites (tertiary alicyclic amines) is 1. The Morgan fingerprint density at radius 3 is 2.57 bits per heavy atom. The van der Waals surface area contributed by atoms with Crippen molar-refractivity contribution in [2.45, 2.75) is 31.8 Å². The molecule has 5 nitrogen and oxygen atoms in total. The number of hydrogen-bond acceptors (Lipinski definition) is 4. The van der Waals surface area contributed by atoms with Gasteiger partial charge in [-0.15, -0.1) is 0 Å². The smallest absolute Gasteiger partial charge is 0.548 e. The molecule has 74 valence electrons. The fourth-order valence-corrected chi connectivity index (χ4v) is 1.54. The second-order valence-electron chi connectivity index (χ2n) is 3.30. The van der Waals surface area contributed by atoms with Crippen molar-refractivity contribution in [2.75, 3.05) is 6.54 Å². The third-order valence-corrected chi connectivity index (χ3v) is 2.20. The molecule has 0 aromatic heterocycles.